The highest BCUT2D eigenvalue weighted by atomic mass is 19.1. The minimum Gasteiger partial charge on any atom is -0.450 e. The third-order valence-corrected chi connectivity index (χ3v) is 4.85. The van der Waals surface area contributed by atoms with Crippen molar-refractivity contribution in [3.63, 3.8) is 0 Å². The van der Waals surface area contributed by atoms with Crippen LogP contribution in [0.25, 0.3) is 0 Å². The van der Waals surface area contributed by atoms with Gasteiger partial charge in [-0.1, -0.05) is 25.0 Å². The molecule has 0 saturated heterocycles. The molecule has 2 aliphatic rings. The van der Waals surface area contributed by atoms with Crippen LogP contribution in [-0.2, 0) is 9.53 Å². The molecule has 6 heteroatoms. The van der Waals surface area contributed by atoms with E-state index in [4.69, 9.17) is 4.74 Å². The van der Waals surface area contributed by atoms with E-state index in [1.54, 1.807) is 24.0 Å². The molecule has 1 unspecified atom stereocenters. The molecule has 0 spiro atoms. The third kappa shape index (κ3) is 4.62. The lowest BCUT2D eigenvalue weighted by Crippen LogP contribution is -2.32. The van der Waals surface area contributed by atoms with Crippen molar-refractivity contribution >= 4 is 17.7 Å². The third-order valence-electron chi connectivity index (χ3n) is 4.85. The molecular weight excluding hydrogens is 335 g/mol. The standard InChI is InChI=1S/C20H25FN2O3/c1-2-26-20(25)22-17-13-15(9-10-16(17)21)18(11-8-14-6-7-14)23-12-4-3-5-19(23)24/h4,9-10,12-14,18H,2-3,5-8,11H2,1H3,(H,22,25). The smallest absolute Gasteiger partial charge is 0.411 e. The largest absolute Gasteiger partial charge is 0.450 e. The van der Waals surface area contributed by atoms with Gasteiger partial charge in [0.15, 0.2) is 0 Å². The summed E-state index contributed by atoms with van der Waals surface area (Å²) in [5.41, 5.74) is 0.893. The summed E-state index contributed by atoms with van der Waals surface area (Å²) in [6.45, 7) is 1.90. The Bertz CT molecular complexity index is 700. The van der Waals surface area contributed by atoms with Gasteiger partial charge in [0, 0.05) is 12.6 Å². The number of nitrogens with one attached hydrogen (secondary N) is 1. The van der Waals surface area contributed by atoms with E-state index in [1.165, 1.54) is 18.9 Å². The number of hydrogen-bond donors (Lipinski definition) is 1. The zero-order valence-electron chi connectivity index (χ0n) is 15.0. The van der Waals surface area contributed by atoms with Crippen LogP contribution in [0.15, 0.2) is 30.5 Å². The number of anilines is 1. The fourth-order valence-corrected chi connectivity index (χ4v) is 3.27. The van der Waals surface area contributed by atoms with Gasteiger partial charge in [0.1, 0.15) is 5.82 Å². The Morgan fingerprint density at radius 2 is 2.23 bits per heavy atom. The average molecular weight is 360 g/mol. The molecule has 1 saturated carbocycles. The van der Waals surface area contributed by atoms with Crippen LogP contribution < -0.4 is 5.32 Å². The lowest BCUT2D eigenvalue weighted by atomic mass is 9.97. The monoisotopic (exact) mass is 360 g/mol. The van der Waals surface area contributed by atoms with E-state index in [0.717, 1.165) is 30.7 Å². The van der Waals surface area contributed by atoms with Crippen LogP contribution in [0.1, 0.15) is 57.1 Å². The first-order valence-corrected chi connectivity index (χ1v) is 9.29. The number of rotatable bonds is 7. The van der Waals surface area contributed by atoms with Gasteiger partial charge in [-0.2, -0.15) is 0 Å². The molecule has 1 fully saturated rings. The van der Waals surface area contributed by atoms with Gasteiger partial charge >= 0.3 is 6.09 Å². The SMILES string of the molecule is CCOC(=O)Nc1cc(C(CCC2CC2)N2C=CCCC2=O)ccc1F. The molecule has 3 rings (SSSR count). The minimum absolute atomic E-state index is 0.0748. The Morgan fingerprint density at radius 1 is 1.42 bits per heavy atom. The highest BCUT2D eigenvalue weighted by Crippen LogP contribution is 2.39. The van der Waals surface area contributed by atoms with Crippen LogP contribution in [-0.4, -0.2) is 23.5 Å². The molecule has 26 heavy (non-hydrogen) atoms. The molecule has 1 heterocycles. The van der Waals surface area contributed by atoms with Gasteiger partial charge in [0.25, 0.3) is 0 Å². The Kier molecular flexibility index (Phi) is 5.91. The number of hydrogen-bond acceptors (Lipinski definition) is 3. The highest BCUT2D eigenvalue weighted by Gasteiger charge is 2.29. The summed E-state index contributed by atoms with van der Waals surface area (Å²) in [6, 6.07) is 4.49. The maximum Gasteiger partial charge on any atom is 0.411 e. The van der Waals surface area contributed by atoms with E-state index in [9.17, 15) is 14.0 Å². The molecule has 1 N–H and O–H groups in total. The minimum atomic E-state index is -0.688. The van der Waals surface area contributed by atoms with E-state index in [1.807, 2.05) is 12.3 Å². The zero-order chi connectivity index (χ0) is 18.5. The van der Waals surface area contributed by atoms with E-state index < -0.39 is 11.9 Å². The molecule has 0 bridgehead atoms. The molecule has 1 atom stereocenters. The van der Waals surface area contributed by atoms with Crippen LogP contribution in [0.4, 0.5) is 14.9 Å². The molecule has 0 aromatic heterocycles. The predicted molar refractivity (Wildman–Crippen MR) is 97.0 cm³/mol. The lowest BCUT2D eigenvalue weighted by molar-refractivity contribution is -0.131. The molecule has 1 aliphatic heterocycles. The highest BCUT2D eigenvalue weighted by molar-refractivity contribution is 5.85. The topological polar surface area (TPSA) is 58.6 Å². The van der Waals surface area contributed by atoms with Crippen molar-refractivity contribution < 1.29 is 18.7 Å². The number of amides is 2. The van der Waals surface area contributed by atoms with Crippen molar-refractivity contribution in [2.75, 3.05) is 11.9 Å². The summed E-state index contributed by atoms with van der Waals surface area (Å²) >= 11 is 0. The molecule has 1 aromatic carbocycles. The first kappa shape index (κ1) is 18.4. The molecule has 140 valence electrons. The van der Waals surface area contributed by atoms with Gasteiger partial charge in [-0.3, -0.25) is 10.1 Å². The predicted octanol–water partition coefficient (Wildman–Crippen LogP) is 4.76. The van der Waals surface area contributed by atoms with Crippen molar-refractivity contribution in [1.82, 2.24) is 4.90 Å². The fourth-order valence-electron chi connectivity index (χ4n) is 3.27. The molecule has 0 radical (unpaired) electrons. The summed E-state index contributed by atoms with van der Waals surface area (Å²) in [6.07, 6.45) is 8.75. The molecule has 1 aliphatic carbocycles. The first-order chi connectivity index (χ1) is 12.6. The summed E-state index contributed by atoms with van der Waals surface area (Å²) in [4.78, 5) is 25.8. The molecular formula is C20H25FN2O3. The Hall–Kier alpha value is -2.37. The number of allylic oxidation sites excluding steroid dienone is 1. The summed E-state index contributed by atoms with van der Waals surface area (Å²) in [5, 5.41) is 2.44. The number of carbonyl (C=O) groups excluding carboxylic acids is 2. The fraction of sp³-hybridized carbons (Fsp3) is 0.500. The molecule has 1 aromatic rings. The number of halogens is 1. The summed E-state index contributed by atoms with van der Waals surface area (Å²) in [7, 11) is 0. The zero-order valence-corrected chi connectivity index (χ0v) is 15.0. The van der Waals surface area contributed by atoms with Crippen LogP contribution in [0.5, 0.6) is 0 Å². The Balaban J connectivity index is 1.84. The second-order valence-corrected chi connectivity index (χ2v) is 6.85. The van der Waals surface area contributed by atoms with Crippen molar-refractivity contribution in [3.8, 4) is 0 Å². The summed E-state index contributed by atoms with van der Waals surface area (Å²) < 4.78 is 18.9. The first-order valence-electron chi connectivity index (χ1n) is 9.29. The van der Waals surface area contributed by atoms with Crippen LogP contribution in [0, 0.1) is 11.7 Å². The quantitative estimate of drug-likeness (QED) is 0.762. The van der Waals surface area contributed by atoms with Crippen molar-refractivity contribution in [2.24, 2.45) is 5.92 Å². The summed E-state index contributed by atoms with van der Waals surface area (Å²) in [5.74, 6) is 0.291. The Morgan fingerprint density at radius 3 is 2.92 bits per heavy atom. The van der Waals surface area contributed by atoms with E-state index in [0.29, 0.717) is 6.42 Å². The van der Waals surface area contributed by atoms with Gasteiger partial charge in [0.05, 0.1) is 18.3 Å². The van der Waals surface area contributed by atoms with Crippen molar-refractivity contribution in [2.45, 2.75) is 51.5 Å². The number of benzene rings is 1. The number of nitrogens with zero attached hydrogens (tertiary/aromatic N) is 1. The van der Waals surface area contributed by atoms with Gasteiger partial charge in [0.2, 0.25) is 5.91 Å². The second kappa shape index (κ2) is 8.34. The van der Waals surface area contributed by atoms with Gasteiger partial charge < -0.3 is 9.64 Å². The van der Waals surface area contributed by atoms with Crippen LogP contribution in [0.2, 0.25) is 0 Å². The number of ether oxygens (including phenoxy) is 1. The van der Waals surface area contributed by atoms with Crippen LogP contribution in [0.3, 0.4) is 0 Å². The average Bonchev–Trinajstić information content (AvgIpc) is 3.44. The van der Waals surface area contributed by atoms with Crippen LogP contribution >= 0.6 is 0 Å². The van der Waals surface area contributed by atoms with Gasteiger partial charge in [-0.05, 0) is 49.8 Å². The molecule has 5 nitrogen and oxygen atoms in total. The number of carbonyl (C=O) groups is 2. The van der Waals surface area contributed by atoms with Crippen molar-refractivity contribution in [1.29, 1.82) is 0 Å². The Labute approximate surface area is 153 Å². The maximum atomic E-state index is 14.1. The normalized spacial score (nSPS) is 17.9. The van der Waals surface area contributed by atoms with Gasteiger partial charge in [-0.15, -0.1) is 0 Å². The van der Waals surface area contributed by atoms with Gasteiger partial charge in [-0.25, -0.2) is 9.18 Å². The van der Waals surface area contributed by atoms with Crippen molar-refractivity contribution in [3.05, 3.63) is 41.9 Å². The van der Waals surface area contributed by atoms with E-state index in [-0.39, 0.29) is 24.2 Å². The second-order valence-electron chi connectivity index (χ2n) is 6.85. The lowest BCUT2D eigenvalue weighted by Gasteiger charge is -2.32. The maximum absolute atomic E-state index is 14.1. The van der Waals surface area contributed by atoms with E-state index in [2.05, 4.69) is 5.32 Å². The molecule has 2 amide bonds. The van der Waals surface area contributed by atoms with E-state index >= 15 is 0 Å².